The number of oxazole rings is 1. The number of anilines is 1. The van der Waals surface area contributed by atoms with Gasteiger partial charge in [-0.2, -0.15) is 18.2 Å². The second-order valence-electron chi connectivity index (χ2n) is 3.32. The molecule has 0 spiro atoms. The number of hydrogen-bond acceptors (Lipinski definition) is 3. The average Bonchev–Trinajstić information content (AvgIpc) is 2.70. The van der Waals surface area contributed by atoms with E-state index in [4.69, 9.17) is 11.6 Å². The van der Waals surface area contributed by atoms with E-state index in [1.165, 1.54) is 0 Å². The van der Waals surface area contributed by atoms with Gasteiger partial charge in [0.1, 0.15) is 6.26 Å². The Morgan fingerprint density at radius 2 is 2.25 bits per heavy atom. The van der Waals surface area contributed by atoms with Gasteiger partial charge in [-0.25, -0.2) is 0 Å². The van der Waals surface area contributed by atoms with Crippen molar-refractivity contribution in [3.63, 3.8) is 0 Å². The van der Waals surface area contributed by atoms with E-state index in [-0.39, 0.29) is 19.0 Å². The maximum Gasteiger partial charge on any atom is 0.436 e. The number of hydrogen-bond donors (Lipinski definition) is 0. The summed E-state index contributed by atoms with van der Waals surface area (Å²) < 4.78 is 41.2. The monoisotopic (exact) mass is 254 g/mol. The first-order valence-electron chi connectivity index (χ1n) is 4.35. The summed E-state index contributed by atoms with van der Waals surface area (Å²) in [6.07, 6.45) is -4.03. The average molecular weight is 255 g/mol. The predicted molar refractivity (Wildman–Crippen MR) is 48.1 cm³/mol. The van der Waals surface area contributed by atoms with Crippen LogP contribution in [0, 0.1) is 0 Å². The van der Waals surface area contributed by atoms with Crippen LogP contribution in [0.4, 0.5) is 19.2 Å². The zero-order chi connectivity index (χ0) is 11.9. The molecule has 0 aromatic carbocycles. The normalized spacial score (nSPS) is 21.9. The molecule has 1 aliphatic heterocycles. The second kappa shape index (κ2) is 3.65. The Labute approximate surface area is 93.0 Å². The number of alkyl halides is 4. The summed E-state index contributed by atoms with van der Waals surface area (Å²) in [6, 6.07) is -0.361. The van der Waals surface area contributed by atoms with E-state index in [1.54, 1.807) is 0 Å². The Morgan fingerprint density at radius 1 is 1.56 bits per heavy atom. The molecule has 16 heavy (non-hydrogen) atoms. The summed E-state index contributed by atoms with van der Waals surface area (Å²) in [6.45, 7) is 0.109. The number of carbonyl (C=O) groups excluding carboxylic acids is 1. The van der Waals surface area contributed by atoms with Gasteiger partial charge in [0.15, 0.2) is 5.69 Å². The lowest BCUT2D eigenvalue weighted by Crippen LogP contribution is -2.25. The van der Waals surface area contributed by atoms with Crippen LogP contribution in [0.2, 0.25) is 0 Å². The molecule has 8 heteroatoms. The molecular formula is C8H6ClF3N2O2. The van der Waals surface area contributed by atoms with E-state index >= 15 is 0 Å². The summed E-state index contributed by atoms with van der Waals surface area (Å²) in [5.74, 6) is -0.393. The fraction of sp³-hybridized carbons (Fsp3) is 0.500. The van der Waals surface area contributed by atoms with Gasteiger partial charge in [-0.1, -0.05) is 0 Å². The summed E-state index contributed by atoms with van der Waals surface area (Å²) >= 11 is 5.69. The molecular weight excluding hydrogens is 249 g/mol. The molecule has 0 aliphatic carbocycles. The molecule has 2 rings (SSSR count). The molecule has 1 atom stereocenters. The van der Waals surface area contributed by atoms with Crippen molar-refractivity contribution in [2.45, 2.75) is 18.0 Å². The molecule has 0 N–H and O–H groups in total. The zero-order valence-electron chi connectivity index (χ0n) is 7.79. The van der Waals surface area contributed by atoms with Crippen molar-refractivity contribution >= 4 is 23.5 Å². The molecule has 0 saturated carbocycles. The molecule has 1 saturated heterocycles. The lowest BCUT2D eigenvalue weighted by Gasteiger charge is -2.09. The summed E-state index contributed by atoms with van der Waals surface area (Å²) in [5, 5.41) is -0.422. The van der Waals surface area contributed by atoms with E-state index in [2.05, 4.69) is 9.40 Å². The van der Waals surface area contributed by atoms with Gasteiger partial charge < -0.3 is 4.42 Å². The molecule has 1 fully saturated rings. The maximum atomic E-state index is 12.2. The number of nitrogens with zero attached hydrogens (tertiary/aromatic N) is 2. The third-order valence-corrected chi connectivity index (χ3v) is 2.38. The Morgan fingerprint density at radius 3 is 2.69 bits per heavy atom. The van der Waals surface area contributed by atoms with Crippen LogP contribution in [0.25, 0.3) is 0 Å². The maximum absolute atomic E-state index is 12.2. The first-order chi connectivity index (χ1) is 7.38. The molecule has 1 aromatic rings. The van der Waals surface area contributed by atoms with Crippen molar-refractivity contribution in [2.75, 3.05) is 11.4 Å². The molecule has 1 aromatic heterocycles. The Balaban J connectivity index is 2.23. The van der Waals surface area contributed by atoms with Crippen molar-refractivity contribution in [3.05, 3.63) is 12.0 Å². The van der Waals surface area contributed by atoms with E-state index in [0.717, 1.165) is 4.90 Å². The smallest absolute Gasteiger partial charge is 0.431 e. The minimum Gasteiger partial charge on any atom is -0.431 e. The number of rotatable bonds is 1. The minimum absolute atomic E-state index is 0.0747. The Bertz CT molecular complexity index is 418. The lowest BCUT2D eigenvalue weighted by atomic mass is 10.4. The van der Waals surface area contributed by atoms with Crippen LogP contribution in [-0.4, -0.2) is 22.8 Å². The van der Waals surface area contributed by atoms with Gasteiger partial charge >= 0.3 is 12.2 Å². The van der Waals surface area contributed by atoms with Crippen LogP contribution >= 0.6 is 11.6 Å². The molecule has 0 radical (unpaired) electrons. The van der Waals surface area contributed by atoms with Gasteiger partial charge in [0.05, 0.1) is 5.38 Å². The number of carbonyl (C=O) groups is 1. The largest absolute Gasteiger partial charge is 0.436 e. The fourth-order valence-corrected chi connectivity index (χ4v) is 1.64. The highest BCUT2D eigenvalue weighted by Crippen LogP contribution is 2.31. The highest BCUT2D eigenvalue weighted by Gasteiger charge is 2.38. The number of halogens is 4. The van der Waals surface area contributed by atoms with Crippen LogP contribution in [0.1, 0.15) is 12.1 Å². The van der Waals surface area contributed by atoms with Crippen LogP contribution in [-0.2, 0) is 11.0 Å². The van der Waals surface area contributed by atoms with E-state index in [9.17, 15) is 18.0 Å². The van der Waals surface area contributed by atoms with Gasteiger partial charge in [-0.15, -0.1) is 11.6 Å². The summed E-state index contributed by atoms with van der Waals surface area (Å²) in [5.41, 5.74) is -1.16. The van der Waals surface area contributed by atoms with Crippen molar-refractivity contribution in [1.29, 1.82) is 0 Å². The van der Waals surface area contributed by atoms with E-state index < -0.39 is 23.2 Å². The highest BCUT2D eigenvalue weighted by molar-refractivity contribution is 6.24. The minimum atomic E-state index is -4.58. The molecule has 1 aliphatic rings. The fourth-order valence-electron chi connectivity index (χ4n) is 1.37. The lowest BCUT2D eigenvalue weighted by molar-refractivity contribution is -0.141. The molecule has 4 nitrogen and oxygen atoms in total. The Hall–Kier alpha value is -1.24. The zero-order valence-corrected chi connectivity index (χ0v) is 8.55. The highest BCUT2D eigenvalue weighted by atomic mass is 35.5. The van der Waals surface area contributed by atoms with Gasteiger partial charge in [0, 0.05) is 13.0 Å². The van der Waals surface area contributed by atoms with Crippen LogP contribution in [0.5, 0.6) is 0 Å². The first kappa shape index (κ1) is 11.3. The Kier molecular flexibility index (Phi) is 2.57. The van der Waals surface area contributed by atoms with Crippen LogP contribution in [0.3, 0.4) is 0 Å². The third-order valence-electron chi connectivity index (χ3n) is 2.09. The topological polar surface area (TPSA) is 46.3 Å². The van der Waals surface area contributed by atoms with Crippen LogP contribution < -0.4 is 4.90 Å². The van der Waals surface area contributed by atoms with E-state index in [0.29, 0.717) is 6.26 Å². The van der Waals surface area contributed by atoms with Gasteiger partial charge in [0.2, 0.25) is 5.91 Å². The standard InChI is InChI=1S/C8H6ClF3N2O2/c9-4-1-6(15)14(2-4)7-13-5(3-16-7)8(10,11)12/h3-4H,1-2H2. The molecule has 88 valence electrons. The van der Waals surface area contributed by atoms with Gasteiger partial charge in [-0.05, 0) is 0 Å². The van der Waals surface area contributed by atoms with E-state index in [1.807, 2.05) is 0 Å². The predicted octanol–water partition coefficient (Wildman–Crippen LogP) is 2.04. The summed E-state index contributed by atoms with van der Waals surface area (Å²) in [7, 11) is 0. The van der Waals surface area contributed by atoms with Crippen molar-refractivity contribution in [1.82, 2.24) is 4.98 Å². The second-order valence-corrected chi connectivity index (χ2v) is 3.94. The molecule has 1 amide bonds. The molecule has 1 unspecified atom stereocenters. The van der Waals surface area contributed by atoms with Crippen molar-refractivity contribution < 1.29 is 22.4 Å². The summed E-state index contributed by atoms with van der Waals surface area (Å²) in [4.78, 5) is 15.5. The number of aromatic nitrogens is 1. The number of amides is 1. The SMILES string of the molecule is O=C1CC(Cl)CN1c1nc(C(F)(F)F)co1. The molecule has 2 heterocycles. The van der Waals surface area contributed by atoms with Gasteiger partial charge in [0.25, 0.3) is 0 Å². The van der Waals surface area contributed by atoms with Crippen molar-refractivity contribution in [2.24, 2.45) is 0 Å². The third kappa shape index (κ3) is 1.99. The molecule has 0 bridgehead atoms. The van der Waals surface area contributed by atoms with Gasteiger partial charge in [-0.3, -0.25) is 9.69 Å². The van der Waals surface area contributed by atoms with Crippen LogP contribution in [0.15, 0.2) is 10.7 Å². The first-order valence-corrected chi connectivity index (χ1v) is 4.78. The quantitative estimate of drug-likeness (QED) is 0.721. The van der Waals surface area contributed by atoms with Crippen molar-refractivity contribution in [3.8, 4) is 0 Å².